The summed E-state index contributed by atoms with van der Waals surface area (Å²) in [5, 5.41) is 0. The maximum Gasteiger partial charge on any atom is 0.0460 e. The van der Waals surface area contributed by atoms with Crippen LogP contribution in [-0.4, -0.2) is 6.21 Å². The summed E-state index contributed by atoms with van der Waals surface area (Å²) in [6, 6.07) is 0. The lowest BCUT2D eigenvalue weighted by atomic mass is 10.0. The number of allylic oxidation sites excluding steroid dienone is 6. The standard InChI is InChI=1S/C16H21N/c1-7-11-13(5)17-12-16(10-4)14(6)15(8-2)9-3/h4,8-9,12H,2,5,7,11H2,1,3,6H3/b15-9+,16-14+,17-12?. The predicted octanol–water partition coefficient (Wildman–Crippen LogP) is 4.45. The van der Waals surface area contributed by atoms with E-state index in [1.165, 1.54) is 0 Å². The lowest BCUT2D eigenvalue weighted by Gasteiger charge is -2.04. The summed E-state index contributed by atoms with van der Waals surface area (Å²) < 4.78 is 0. The lowest BCUT2D eigenvalue weighted by Crippen LogP contribution is -1.91. The minimum absolute atomic E-state index is 0.773. The Morgan fingerprint density at radius 3 is 2.53 bits per heavy atom. The molecule has 1 heteroatoms. The molecule has 0 saturated heterocycles. The molecule has 0 aromatic rings. The van der Waals surface area contributed by atoms with Gasteiger partial charge in [-0.1, -0.05) is 44.6 Å². The van der Waals surface area contributed by atoms with Crippen molar-refractivity contribution in [1.29, 1.82) is 0 Å². The Hall–Kier alpha value is -1.81. The molecule has 0 radical (unpaired) electrons. The van der Waals surface area contributed by atoms with E-state index in [1.807, 2.05) is 19.9 Å². The average molecular weight is 227 g/mol. The van der Waals surface area contributed by atoms with Gasteiger partial charge in [-0.25, -0.2) is 0 Å². The second-order valence-corrected chi connectivity index (χ2v) is 3.71. The highest BCUT2D eigenvalue weighted by atomic mass is 14.7. The zero-order valence-electron chi connectivity index (χ0n) is 11.1. The normalized spacial score (nSPS) is 13.2. The predicted molar refractivity (Wildman–Crippen MR) is 78.0 cm³/mol. The molecule has 0 heterocycles. The monoisotopic (exact) mass is 227 g/mol. The Balaban J connectivity index is 5.10. The van der Waals surface area contributed by atoms with Gasteiger partial charge in [-0.2, -0.15) is 0 Å². The van der Waals surface area contributed by atoms with Crippen LogP contribution in [0.5, 0.6) is 0 Å². The first kappa shape index (κ1) is 15.2. The van der Waals surface area contributed by atoms with Crippen LogP contribution in [0, 0.1) is 12.3 Å². The van der Waals surface area contributed by atoms with E-state index in [0.29, 0.717) is 0 Å². The number of nitrogens with zero attached hydrogens (tertiary/aromatic N) is 1. The second kappa shape index (κ2) is 8.35. The second-order valence-electron chi connectivity index (χ2n) is 3.71. The molecule has 0 N–H and O–H groups in total. The highest BCUT2D eigenvalue weighted by Crippen LogP contribution is 2.14. The van der Waals surface area contributed by atoms with E-state index in [-0.39, 0.29) is 0 Å². The van der Waals surface area contributed by atoms with Gasteiger partial charge in [-0.15, -0.1) is 6.42 Å². The van der Waals surface area contributed by atoms with Crippen molar-refractivity contribution < 1.29 is 0 Å². The van der Waals surface area contributed by atoms with E-state index in [0.717, 1.165) is 35.3 Å². The van der Waals surface area contributed by atoms with E-state index in [2.05, 4.69) is 31.0 Å². The van der Waals surface area contributed by atoms with Crippen molar-refractivity contribution in [3.63, 3.8) is 0 Å². The summed E-state index contributed by atoms with van der Waals surface area (Å²) in [6.45, 7) is 13.7. The molecular formula is C16H21N. The molecule has 0 fully saturated rings. The van der Waals surface area contributed by atoms with Gasteiger partial charge in [0.25, 0.3) is 0 Å². The number of rotatable bonds is 6. The van der Waals surface area contributed by atoms with E-state index in [9.17, 15) is 0 Å². The molecule has 1 nitrogen and oxygen atoms in total. The van der Waals surface area contributed by atoms with E-state index < -0.39 is 0 Å². The van der Waals surface area contributed by atoms with Gasteiger partial charge in [-0.3, -0.25) is 4.99 Å². The van der Waals surface area contributed by atoms with Crippen LogP contribution in [0.1, 0.15) is 33.6 Å². The van der Waals surface area contributed by atoms with Gasteiger partial charge in [0.15, 0.2) is 0 Å². The Bertz CT molecular complexity index is 411. The molecule has 0 rings (SSSR count). The van der Waals surface area contributed by atoms with Gasteiger partial charge in [-0.05, 0) is 31.4 Å². The van der Waals surface area contributed by atoms with Gasteiger partial charge in [0.05, 0.1) is 0 Å². The minimum Gasteiger partial charge on any atom is -0.261 e. The molecule has 0 aliphatic carbocycles. The molecule has 0 spiro atoms. The van der Waals surface area contributed by atoms with Gasteiger partial charge >= 0.3 is 0 Å². The molecule has 0 aromatic carbocycles. The summed E-state index contributed by atoms with van der Waals surface area (Å²) >= 11 is 0. The van der Waals surface area contributed by atoms with Crippen LogP contribution >= 0.6 is 0 Å². The smallest absolute Gasteiger partial charge is 0.0460 e. The van der Waals surface area contributed by atoms with Gasteiger partial charge in [0, 0.05) is 17.5 Å². The number of hydrogen-bond acceptors (Lipinski definition) is 1. The van der Waals surface area contributed by atoms with Crippen LogP contribution in [-0.2, 0) is 0 Å². The largest absolute Gasteiger partial charge is 0.261 e. The highest BCUT2D eigenvalue weighted by molar-refractivity contribution is 5.87. The van der Waals surface area contributed by atoms with Gasteiger partial charge in [0.2, 0.25) is 0 Å². The van der Waals surface area contributed by atoms with Crippen LogP contribution in [0.15, 0.2) is 52.7 Å². The number of aliphatic imine (C=N–C) groups is 1. The fourth-order valence-corrected chi connectivity index (χ4v) is 1.39. The van der Waals surface area contributed by atoms with E-state index in [4.69, 9.17) is 6.42 Å². The Morgan fingerprint density at radius 2 is 2.12 bits per heavy atom. The molecule has 17 heavy (non-hydrogen) atoms. The molecule has 0 bridgehead atoms. The maximum absolute atomic E-state index is 5.49. The third-order valence-electron chi connectivity index (χ3n) is 2.44. The molecule has 0 aliphatic heterocycles. The van der Waals surface area contributed by atoms with Gasteiger partial charge < -0.3 is 0 Å². The molecule has 0 aromatic heterocycles. The van der Waals surface area contributed by atoms with Crippen LogP contribution in [0.4, 0.5) is 0 Å². The third-order valence-corrected chi connectivity index (χ3v) is 2.44. The molecule has 90 valence electrons. The molecule has 0 saturated carbocycles. The van der Waals surface area contributed by atoms with Crippen molar-refractivity contribution in [2.24, 2.45) is 4.99 Å². The summed E-state index contributed by atoms with van der Waals surface area (Å²) in [7, 11) is 0. The van der Waals surface area contributed by atoms with E-state index in [1.54, 1.807) is 12.3 Å². The Morgan fingerprint density at radius 1 is 1.47 bits per heavy atom. The summed E-state index contributed by atoms with van der Waals surface area (Å²) in [4.78, 5) is 4.28. The fourth-order valence-electron chi connectivity index (χ4n) is 1.39. The Labute approximate surface area is 105 Å². The van der Waals surface area contributed by atoms with Crippen molar-refractivity contribution >= 4 is 6.21 Å². The zero-order chi connectivity index (χ0) is 13.3. The lowest BCUT2D eigenvalue weighted by molar-refractivity contribution is 0.899. The molecular weight excluding hydrogens is 206 g/mol. The fraction of sp³-hybridized carbons (Fsp3) is 0.312. The van der Waals surface area contributed by atoms with Crippen LogP contribution in [0.2, 0.25) is 0 Å². The van der Waals surface area contributed by atoms with E-state index >= 15 is 0 Å². The van der Waals surface area contributed by atoms with Crippen molar-refractivity contribution in [3.05, 3.63) is 47.7 Å². The average Bonchev–Trinajstić information content (AvgIpc) is 2.31. The van der Waals surface area contributed by atoms with Crippen molar-refractivity contribution in [2.75, 3.05) is 0 Å². The molecule has 0 atom stereocenters. The first-order chi connectivity index (χ1) is 8.10. The summed E-state index contributed by atoms with van der Waals surface area (Å²) in [5.41, 5.74) is 3.67. The Kier molecular flexibility index (Phi) is 7.46. The maximum atomic E-state index is 5.49. The van der Waals surface area contributed by atoms with Crippen LogP contribution in [0.3, 0.4) is 0 Å². The van der Waals surface area contributed by atoms with Crippen LogP contribution in [0.25, 0.3) is 0 Å². The number of hydrogen-bond donors (Lipinski definition) is 0. The molecule has 0 aliphatic rings. The first-order valence-electron chi connectivity index (χ1n) is 5.79. The summed E-state index contributed by atoms with van der Waals surface area (Å²) in [5.74, 6) is 2.65. The van der Waals surface area contributed by atoms with Crippen molar-refractivity contribution in [1.82, 2.24) is 0 Å². The van der Waals surface area contributed by atoms with Crippen LogP contribution < -0.4 is 0 Å². The minimum atomic E-state index is 0.773. The van der Waals surface area contributed by atoms with Crippen molar-refractivity contribution in [3.8, 4) is 12.3 Å². The summed E-state index contributed by atoms with van der Waals surface area (Å²) in [6.07, 6.45) is 12.9. The molecule has 0 amide bonds. The van der Waals surface area contributed by atoms with Gasteiger partial charge in [0.1, 0.15) is 0 Å². The zero-order valence-corrected chi connectivity index (χ0v) is 11.1. The quantitative estimate of drug-likeness (QED) is 0.361. The first-order valence-corrected chi connectivity index (χ1v) is 5.79. The molecule has 0 unspecified atom stereocenters. The SMILES string of the molecule is C#C/C(C=NC(=C)CCC)=C(C)\C(C=C)=C\C. The highest BCUT2D eigenvalue weighted by Gasteiger charge is 2.00. The number of terminal acetylenes is 1. The third kappa shape index (κ3) is 5.17. The van der Waals surface area contributed by atoms with Crippen molar-refractivity contribution in [2.45, 2.75) is 33.6 Å². The topological polar surface area (TPSA) is 12.4 Å².